The second kappa shape index (κ2) is 9.34. The summed E-state index contributed by atoms with van der Waals surface area (Å²) in [5.74, 6) is -0.302. The monoisotopic (exact) mass is 487 g/mol. The van der Waals surface area contributed by atoms with Crippen LogP contribution in [-0.2, 0) is 30.2 Å². The summed E-state index contributed by atoms with van der Waals surface area (Å²) >= 11 is 0. The number of anilines is 1. The fourth-order valence-electron chi connectivity index (χ4n) is 4.32. The SMILES string of the molecule is O=C1COc2nccc(N3CCCCCC3)c2CN1Cc1cc(C(F)(F)F)cc(C(F)(F)F)c1. The molecule has 0 saturated carbocycles. The van der Waals surface area contributed by atoms with E-state index >= 15 is 0 Å². The number of aromatic nitrogens is 1. The molecular formula is C23H23F6N3O2. The van der Waals surface area contributed by atoms with E-state index in [1.807, 2.05) is 0 Å². The summed E-state index contributed by atoms with van der Waals surface area (Å²) in [7, 11) is 0. The second-order valence-corrected chi connectivity index (χ2v) is 8.47. The van der Waals surface area contributed by atoms with Crippen molar-refractivity contribution in [1.29, 1.82) is 0 Å². The maximum Gasteiger partial charge on any atom is 0.416 e. The Morgan fingerprint density at radius 1 is 0.912 bits per heavy atom. The Balaban J connectivity index is 1.67. The van der Waals surface area contributed by atoms with E-state index in [2.05, 4.69) is 9.88 Å². The predicted octanol–water partition coefficient (Wildman–Crippen LogP) is 5.42. The van der Waals surface area contributed by atoms with Gasteiger partial charge in [0.05, 0.1) is 23.2 Å². The van der Waals surface area contributed by atoms with Crippen molar-refractivity contribution in [1.82, 2.24) is 9.88 Å². The minimum atomic E-state index is -4.96. The second-order valence-electron chi connectivity index (χ2n) is 8.47. The molecule has 0 spiro atoms. The van der Waals surface area contributed by atoms with E-state index in [-0.39, 0.29) is 24.1 Å². The third-order valence-corrected chi connectivity index (χ3v) is 5.99. The number of hydrogen-bond donors (Lipinski definition) is 0. The van der Waals surface area contributed by atoms with Gasteiger partial charge in [-0.05, 0) is 42.7 Å². The van der Waals surface area contributed by atoms with Gasteiger partial charge in [0.25, 0.3) is 5.91 Å². The zero-order valence-electron chi connectivity index (χ0n) is 18.2. The molecule has 1 aromatic heterocycles. The first-order valence-corrected chi connectivity index (χ1v) is 10.9. The van der Waals surface area contributed by atoms with Crippen LogP contribution in [0.2, 0.25) is 0 Å². The molecule has 1 aromatic carbocycles. The van der Waals surface area contributed by atoms with Crippen LogP contribution in [0.5, 0.6) is 5.88 Å². The molecule has 0 unspecified atom stereocenters. The smallest absolute Gasteiger partial charge is 0.416 e. The Morgan fingerprint density at radius 2 is 1.53 bits per heavy atom. The van der Waals surface area contributed by atoms with Crippen LogP contribution >= 0.6 is 0 Å². The van der Waals surface area contributed by atoms with E-state index in [9.17, 15) is 31.1 Å². The summed E-state index contributed by atoms with van der Waals surface area (Å²) in [5.41, 5.74) is -1.68. The van der Waals surface area contributed by atoms with Crippen LogP contribution in [0.4, 0.5) is 32.0 Å². The minimum Gasteiger partial charge on any atom is -0.467 e. The molecule has 5 nitrogen and oxygen atoms in total. The lowest BCUT2D eigenvalue weighted by molar-refractivity contribution is -0.143. The molecule has 2 aliphatic rings. The van der Waals surface area contributed by atoms with Gasteiger partial charge >= 0.3 is 12.4 Å². The largest absolute Gasteiger partial charge is 0.467 e. The van der Waals surface area contributed by atoms with E-state index in [1.165, 1.54) is 4.90 Å². The molecule has 1 saturated heterocycles. The lowest BCUT2D eigenvalue weighted by Crippen LogP contribution is -2.33. The normalized spacial score (nSPS) is 17.6. The highest BCUT2D eigenvalue weighted by Gasteiger charge is 2.37. The highest BCUT2D eigenvalue weighted by Crippen LogP contribution is 2.37. The molecular weight excluding hydrogens is 464 g/mol. The zero-order chi connectivity index (χ0) is 24.5. The van der Waals surface area contributed by atoms with Crippen molar-refractivity contribution in [2.45, 2.75) is 51.1 Å². The van der Waals surface area contributed by atoms with Gasteiger partial charge < -0.3 is 14.5 Å². The topological polar surface area (TPSA) is 45.7 Å². The number of hydrogen-bond acceptors (Lipinski definition) is 4. The maximum absolute atomic E-state index is 13.3. The lowest BCUT2D eigenvalue weighted by atomic mass is 10.0. The molecule has 1 amide bonds. The number of benzene rings is 1. The van der Waals surface area contributed by atoms with Crippen LogP contribution < -0.4 is 9.64 Å². The van der Waals surface area contributed by atoms with Gasteiger partial charge in [-0.15, -0.1) is 0 Å². The van der Waals surface area contributed by atoms with Crippen LogP contribution in [0.25, 0.3) is 0 Å². The van der Waals surface area contributed by atoms with Crippen molar-refractivity contribution in [3.05, 3.63) is 52.7 Å². The van der Waals surface area contributed by atoms with Gasteiger partial charge in [-0.3, -0.25) is 4.79 Å². The number of rotatable bonds is 3. The average Bonchev–Trinajstić information content (AvgIpc) is 3.12. The molecule has 0 aliphatic carbocycles. The summed E-state index contributed by atoms with van der Waals surface area (Å²) in [5, 5.41) is 0. The first-order valence-electron chi connectivity index (χ1n) is 10.9. The van der Waals surface area contributed by atoms with Crippen LogP contribution in [-0.4, -0.2) is 35.5 Å². The summed E-state index contributed by atoms with van der Waals surface area (Å²) in [6.45, 7) is 0.725. The molecule has 3 heterocycles. The molecule has 4 rings (SSSR count). The molecule has 11 heteroatoms. The van der Waals surface area contributed by atoms with Crippen molar-refractivity contribution in [2.75, 3.05) is 24.6 Å². The Kier molecular flexibility index (Phi) is 6.64. The average molecular weight is 487 g/mol. The number of carbonyl (C=O) groups excluding carboxylic acids is 1. The standard InChI is InChI=1S/C23H23F6N3O2/c24-22(25,26)16-9-15(10-17(11-16)23(27,28)29)12-32-13-18-19(31-7-3-1-2-4-8-31)5-6-30-21(18)34-14-20(32)33/h5-6,9-11H,1-4,7-8,12-14H2. The number of nitrogens with zero attached hydrogens (tertiary/aromatic N) is 3. The Morgan fingerprint density at radius 3 is 2.12 bits per heavy atom. The molecule has 0 radical (unpaired) electrons. The number of alkyl halides is 6. The molecule has 2 aromatic rings. The lowest BCUT2D eigenvalue weighted by Gasteiger charge is -2.27. The first-order chi connectivity index (χ1) is 16.0. The molecule has 184 valence electrons. The van der Waals surface area contributed by atoms with Gasteiger partial charge in [0.2, 0.25) is 5.88 Å². The van der Waals surface area contributed by atoms with Gasteiger partial charge in [0.1, 0.15) is 0 Å². The van der Waals surface area contributed by atoms with E-state index in [1.54, 1.807) is 12.3 Å². The molecule has 2 aliphatic heterocycles. The van der Waals surface area contributed by atoms with E-state index in [0.717, 1.165) is 44.5 Å². The number of carbonyl (C=O) groups is 1. The van der Waals surface area contributed by atoms with Crippen LogP contribution in [0.1, 0.15) is 47.9 Å². The Hall–Kier alpha value is -2.98. The number of amides is 1. The fourth-order valence-corrected chi connectivity index (χ4v) is 4.32. The van der Waals surface area contributed by atoms with Gasteiger partial charge in [-0.1, -0.05) is 12.8 Å². The van der Waals surface area contributed by atoms with Crippen molar-refractivity contribution in [2.24, 2.45) is 0 Å². The van der Waals surface area contributed by atoms with Crippen LogP contribution in [0.3, 0.4) is 0 Å². The van der Waals surface area contributed by atoms with Crippen LogP contribution in [0.15, 0.2) is 30.5 Å². The van der Waals surface area contributed by atoms with Crippen LogP contribution in [0, 0.1) is 0 Å². The summed E-state index contributed by atoms with van der Waals surface area (Å²) in [6.07, 6.45) is -4.17. The summed E-state index contributed by atoms with van der Waals surface area (Å²) < 4.78 is 85.1. The number of pyridine rings is 1. The summed E-state index contributed by atoms with van der Waals surface area (Å²) in [4.78, 5) is 20.3. The van der Waals surface area contributed by atoms with Crippen molar-refractivity contribution in [3.8, 4) is 5.88 Å². The molecule has 0 bridgehead atoms. The first kappa shape index (κ1) is 24.2. The molecule has 0 N–H and O–H groups in total. The molecule has 1 fully saturated rings. The van der Waals surface area contributed by atoms with E-state index < -0.39 is 42.5 Å². The highest BCUT2D eigenvalue weighted by molar-refractivity contribution is 5.79. The van der Waals surface area contributed by atoms with Gasteiger partial charge in [-0.25, -0.2) is 4.98 Å². The quantitative estimate of drug-likeness (QED) is 0.543. The van der Waals surface area contributed by atoms with Crippen molar-refractivity contribution in [3.63, 3.8) is 0 Å². The van der Waals surface area contributed by atoms with Gasteiger partial charge in [0.15, 0.2) is 6.61 Å². The van der Waals surface area contributed by atoms with Gasteiger partial charge in [0, 0.05) is 31.5 Å². The Labute approximate surface area is 192 Å². The molecule has 0 atom stereocenters. The van der Waals surface area contributed by atoms with E-state index in [4.69, 9.17) is 4.74 Å². The fraction of sp³-hybridized carbons (Fsp3) is 0.478. The van der Waals surface area contributed by atoms with Crippen molar-refractivity contribution < 1.29 is 35.9 Å². The molecule has 34 heavy (non-hydrogen) atoms. The highest BCUT2D eigenvalue weighted by atomic mass is 19.4. The minimum absolute atomic E-state index is 0.0363. The predicted molar refractivity (Wildman–Crippen MR) is 111 cm³/mol. The van der Waals surface area contributed by atoms with E-state index in [0.29, 0.717) is 17.7 Å². The number of halogens is 6. The van der Waals surface area contributed by atoms with Gasteiger partial charge in [-0.2, -0.15) is 26.3 Å². The number of ether oxygens (including phenoxy) is 1. The van der Waals surface area contributed by atoms with Crippen molar-refractivity contribution >= 4 is 11.6 Å². The third-order valence-electron chi connectivity index (χ3n) is 5.99. The third kappa shape index (κ3) is 5.39. The Bertz CT molecular complexity index is 1010. The summed E-state index contributed by atoms with van der Waals surface area (Å²) in [6, 6.07) is 3.17. The maximum atomic E-state index is 13.3. The number of fused-ring (bicyclic) bond motifs is 1. The zero-order valence-corrected chi connectivity index (χ0v) is 18.2.